The van der Waals surface area contributed by atoms with Gasteiger partial charge in [0.2, 0.25) is 0 Å². The van der Waals surface area contributed by atoms with Crippen molar-refractivity contribution in [1.29, 1.82) is 5.26 Å². The second-order valence-electron chi connectivity index (χ2n) is 8.10. The number of rotatable bonds is 4. The van der Waals surface area contributed by atoms with Crippen LogP contribution in [-0.4, -0.2) is 49.9 Å². The number of fused-ring (bicyclic) bond motifs is 1. The van der Waals surface area contributed by atoms with Crippen molar-refractivity contribution in [3.63, 3.8) is 0 Å². The van der Waals surface area contributed by atoms with Crippen molar-refractivity contribution in [2.24, 2.45) is 0 Å². The van der Waals surface area contributed by atoms with Crippen molar-refractivity contribution in [2.45, 2.75) is 18.6 Å². The van der Waals surface area contributed by atoms with Crippen molar-refractivity contribution < 1.29 is 18.0 Å². The Morgan fingerprint density at radius 1 is 1.19 bits per heavy atom. The Balaban J connectivity index is 1.59. The number of nitrogen functional groups attached to an aromatic ring is 1. The molecule has 4 heterocycles. The van der Waals surface area contributed by atoms with Gasteiger partial charge < -0.3 is 11.1 Å². The summed E-state index contributed by atoms with van der Waals surface area (Å²) in [7, 11) is 0. The summed E-state index contributed by atoms with van der Waals surface area (Å²) in [5.74, 6) is -2.24. The SMILES string of the molecule is N#Cc1ccnc(N(C(=O)C(F)(F)F)c2ccc(-c3nn(C4CCNC4)c4ncnc(N)c34)cc2)c1. The Morgan fingerprint density at radius 2 is 1.97 bits per heavy atom. The number of hydrogen-bond acceptors (Lipinski definition) is 8. The molecule has 1 aliphatic heterocycles. The number of nitrogens with two attached hydrogens (primary N) is 1. The van der Waals surface area contributed by atoms with E-state index in [1.165, 1.54) is 42.9 Å². The van der Waals surface area contributed by atoms with E-state index in [-0.39, 0.29) is 28.9 Å². The van der Waals surface area contributed by atoms with Gasteiger partial charge in [0, 0.05) is 18.3 Å². The number of carbonyl (C=O) groups is 1. The second kappa shape index (κ2) is 8.90. The lowest BCUT2D eigenvalue weighted by Crippen LogP contribution is -2.38. The van der Waals surface area contributed by atoms with Crippen LogP contribution in [0.1, 0.15) is 18.0 Å². The number of nitrogens with zero attached hydrogens (tertiary/aromatic N) is 7. The van der Waals surface area contributed by atoms with Crippen molar-refractivity contribution in [3.05, 3.63) is 54.5 Å². The van der Waals surface area contributed by atoms with Gasteiger partial charge in [-0.05, 0) is 37.2 Å². The third kappa shape index (κ3) is 4.07. The normalized spacial score (nSPS) is 15.7. The Bertz CT molecular complexity index is 1490. The molecule has 1 aromatic carbocycles. The first-order valence-corrected chi connectivity index (χ1v) is 10.8. The zero-order chi connectivity index (χ0) is 25.4. The molecule has 1 amide bonds. The van der Waals surface area contributed by atoms with Crippen LogP contribution >= 0.6 is 0 Å². The molecule has 0 saturated carbocycles. The standard InChI is InChI=1S/C23H18F3N9O/c24-23(25,26)22(36)34(17-9-13(10-27)5-8-30-17)15-3-1-14(2-4-15)19-18-20(28)31-12-32-21(18)35(33-19)16-6-7-29-11-16/h1-5,8-9,12,16,29H,6-7,11H2,(H2,28,31,32). The topological polar surface area (TPSA) is 139 Å². The van der Waals surface area contributed by atoms with Gasteiger partial charge in [0.1, 0.15) is 23.7 Å². The summed E-state index contributed by atoms with van der Waals surface area (Å²) < 4.78 is 42.1. The molecule has 1 aliphatic rings. The van der Waals surface area contributed by atoms with Crippen LogP contribution in [-0.2, 0) is 4.79 Å². The average Bonchev–Trinajstić information content (AvgIpc) is 3.53. The van der Waals surface area contributed by atoms with Gasteiger partial charge >= 0.3 is 12.1 Å². The lowest BCUT2D eigenvalue weighted by atomic mass is 10.1. The summed E-state index contributed by atoms with van der Waals surface area (Å²) in [6, 6.07) is 10.1. The smallest absolute Gasteiger partial charge is 0.383 e. The van der Waals surface area contributed by atoms with Crippen molar-refractivity contribution in [3.8, 4) is 17.3 Å². The molecule has 3 N–H and O–H groups in total. The van der Waals surface area contributed by atoms with E-state index in [9.17, 15) is 18.0 Å². The monoisotopic (exact) mass is 493 g/mol. The van der Waals surface area contributed by atoms with E-state index in [1.807, 2.05) is 6.07 Å². The van der Waals surface area contributed by atoms with E-state index in [1.54, 1.807) is 4.68 Å². The van der Waals surface area contributed by atoms with Gasteiger partial charge in [0.25, 0.3) is 0 Å². The highest BCUT2D eigenvalue weighted by atomic mass is 19.4. The molecule has 0 aliphatic carbocycles. The molecule has 10 nitrogen and oxygen atoms in total. The van der Waals surface area contributed by atoms with E-state index >= 15 is 0 Å². The Morgan fingerprint density at radius 3 is 2.64 bits per heavy atom. The fraction of sp³-hybridized carbons (Fsp3) is 0.217. The van der Waals surface area contributed by atoms with Crippen LogP contribution in [0.25, 0.3) is 22.3 Å². The molecule has 1 atom stereocenters. The number of amides is 1. The number of aromatic nitrogens is 5. The third-order valence-corrected chi connectivity index (χ3v) is 5.85. The van der Waals surface area contributed by atoms with Crippen LogP contribution in [0.5, 0.6) is 0 Å². The highest BCUT2D eigenvalue weighted by molar-refractivity contribution is 6.03. The van der Waals surface area contributed by atoms with E-state index < -0.39 is 12.1 Å². The summed E-state index contributed by atoms with van der Waals surface area (Å²) in [6.45, 7) is 1.54. The minimum Gasteiger partial charge on any atom is -0.383 e. The number of alkyl halides is 3. The highest BCUT2D eigenvalue weighted by Gasteiger charge is 2.44. The zero-order valence-corrected chi connectivity index (χ0v) is 18.6. The second-order valence-corrected chi connectivity index (χ2v) is 8.10. The van der Waals surface area contributed by atoms with Crippen molar-refractivity contribution in [2.75, 3.05) is 23.7 Å². The Labute approximate surface area is 202 Å². The number of nitriles is 1. The average molecular weight is 493 g/mol. The molecule has 36 heavy (non-hydrogen) atoms. The fourth-order valence-electron chi connectivity index (χ4n) is 4.16. The van der Waals surface area contributed by atoms with Crippen molar-refractivity contribution in [1.82, 2.24) is 30.0 Å². The van der Waals surface area contributed by atoms with Crippen LogP contribution in [0, 0.1) is 11.3 Å². The maximum absolute atomic E-state index is 13.4. The molecule has 0 radical (unpaired) electrons. The first-order chi connectivity index (χ1) is 17.3. The predicted octanol–water partition coefficient (Wildman–Crippen LogP) is 3.10. The minimum absolute atomic E-state index is 0.0606. The molecular formula is C23H18F3N9O. The van der Waals surface area contributed by atoms with Crippen LogP contribution in [0.2, 0.25) is 0 Å². The van der Waals surface area contributed by atoms with Gasteiger partial charge in [-0.2, -0.15) is 23.5 Å². The van der Waals surface area contributed by atoms with Crippen LogP contribution in [0.15, 0.2) is 48.9 Å². The molecule has 1 saturated heterocycles. The maximum Gasteiger partial charge on any atom is 0.472 e. The first kappa shape index (κ1) is 23.2. The number of anilines is 3. The van der Waals surface area contributed by atoms with Gasteiger partial charge in [-0.15, -0.1) is 0 Å². The lowest BCUT2D eigenvalue weighted by Gasteiger charge is -2.23. The molecule has 5 rings (SSSR count). The minimum atomic E-state index is -5.17. The number of pyridine rings is 1. The summed E-state index contributed by atoms with van der Waals surface area (Å²) in [5, 5.41) is 17.7. The van der Waals surface area contributed by atoms with Gasteiger partial charge in [0.15, 0.2) is 5.65 Å². The van der Waals surface area contributed by atoms with E-state index in [4.69, 9.17) is 16.1 Å². The predicted molar refractivity (Wildman–Crippen MR) is 124 cm³/mol. The Hall–Kier alpha value is -4.57. The van der Waals surface area contributed by atoms with Crippen LogP contribution in [0.3, 0.4) is 0 Å². The van der Waals surface area contributed by atoms with Crippen LogP contribution in [0.4, 0.5) is 30.5 Å². The molecular weight excluding hydrogens is 475 g/mol. The largest absolute Gasteiger partial charge is 0.472 e. The molecule has 4 aromatic rings. The number of benzene rings is 1. The summed E-state index contributed by atoms with van der Waals surface area (Å²) in [4.78, 5) is 25.0. The van der Waals surface area contributed by atoms with Gasteiger partial charge in [0.05, 0.1) is 28.7 Å². The molecule has 1 fully saturated rings. The fourth-order valence-corrected chi connectivity index (χ4v) is 4.16. The first-order valence-electron chi connectivity index (χ1n) is 10.8. The van der Waals surface area contributed by atoms with E-state index in [0.717, 1.165) is 19.0 Å². The number of hydrogen-bond donors (Lipinski definition) is 2. The van der Waals surface area contributed by atoms with Gasteiger partial charge in [-0.1, -0.05) is 12.1 Å². The molecule has 1 unspecified atom stereocenters. The molecule has 0 spiro atoms. The number of halogens is 3. The lowest BCUT2D eigenvalue weighted by molar-refractivity contribution is -0.169. The molecule has 13 heteroatoms. The quantitative estimate of drug-likeness (QED) is 0.442. The highest BCUT2D eigenvalue weighted by Crippen LogP contribution is 2.35. The number of carbonyl (C=O) groups excluding carboxylic acids is 1. The third-order valence-electron chi connectivity index (χ3n) is 5.85. The van der Waals surface area contributed by atoms with Crippen LogP contribution < -0.4 is 16.0 Å². The number of nitrogens with one attached hydrogen (secondary N) is 1. The maximum atomic E-state index is 13.4. The van der Waals surface area contributed by atoms with Gasteiger partial charge in [-0.3, -0.25) is 9.69 Å². The van der Waals surface area contributed by atoms with E-state index in [0.29, 0.717) is 33.7 Å². The summed E-state index contributed by atoms with van der Waals surface area (Å²) in [5.41, 5.74) is 7.70. The van der Waals surface area contributed by atoms with Crippen molar-refractivity contribution >= 4 is 34.3 Å². The Kier molecular flexibility index (Phi) is 5.73. The summed E-state index contributed by atoms with van der Waals surface area (Å²) in [6.07, 6.45) is -1.80. The summed E-state index contributed by atoms with van der Waals surface area (Å²) >= 11 is 0. The van der Waals surface area contributed by atoms with E-state index in [2.05, 4.69) is 20.3 Å². The molecule has 3 aromatic heterocycles. The molecule has 0 bridgehead atoms. The van der Waals surface area contributed by atoms with Gasteiger partial charge in [-0.25, -0.2) is 19.6 Å². The molecule has 182 valence electrons. The zero-order valence-electron chi connectivity index (χ0n) is 18.6.